The summed E-state index contributed by atoms with van der Waals surface area (Å²) in [6.45, 7) is 6.85. The maximum absolute atomic E-state index is 12.7. The zero-order valence-corrected chi connectivity index (χ0v) is 12.4. The van der Waals surface area contributed by atoms with Crippen LogP contribution < -0.4 is 5.32 Å². The molecule has 108 valence electrons. The second-order valence-electron chi connectivity index (χ2n) is 5.87. The van der Waals surface area contributed by atoms with E-state index in [0.717, 1.165) is 25.7 Å². The van der Waals surface area contributed by atoms with Gasteiger partial charge in [0.1, 0.15) is 11.6 Å². The second kappa shape index (κ2) is 5.51. The lowest BCUT2D eigenvalue weighted by atomic mass is 9.85. The van der Waals surface area contributed by atoms with Gasteiger partial charge in [-0.15, -0.1) is 0 Å². The number of carbonyl (C=O) groups excluding carboxylic acids is 2. The molecule has 0 aromatic carbocycles. The van der Waals surface area contributed by atoms with Crippen LogP contribution >= 0.6 is 0 Å². The molecular formula is C15H26N2O2. The average Bonchev–Trinajstić information content (AvgIpc) is 3.24. The first-order valence-corrected chi connectivity index (χ1v) is 7.73. The highest BCUT2D eigenvalue weighted by molar-refractivity contribution is 6.00. The highest BCUT2D eigenvalue weighted by Gasteiger charge is 2.53. The number of hydrogen-bond acceptors (Lipinski definition) is 2. The van der Waals surface area contributed by atoms with Gasteiger partial charge in [0, 0.05) is 6.54 Å². The van der Waals surface area contributed by atoms with Crippen LogP contribution in [0, 0.1) is 5.92 Å². The van der Waals surface area contributed by atoms with E-state index in [9.17, 15) is 9.59 Å². The second-order valence-corrected chi connectivity index (χ2v) is 5.87. The third-order valence-corrected chi connectivity index (χ3v) is 4.76. The van der Waals surface area contributed by atoms with Crippen LogP contribution in [0.1, 0.15) is 59.3 Å². The molecule has 2 amide bonds. The van der Waals surface area contributed by atoms with Gasteiger partial charge in [0.2, 0.25) is 11.8 Å². The van der Waals surface area contributed by atoms with Crippen LogP contribution in [0.15, 0.2) is 0 Å². The van der Waals surface area contributed by atoms with E-state index in [0.29, 0.717) is 25.3 Å². The molecule has 0 spiro atoms. The van der Waals surface area contributed by atoms with Crippen LogP contribution in [-0.2, 0) is 9.59 Å². The molecule has 2 aliphatic rings. The summed E-state index contributed by atoms with van der Waals surface area (Å²) in [5.74, 6) is 0.594. The predicted octanol–water partition coefficient (Wildman–Crippen LogP) is 2.08. The number of nitrogens with one attached hydrogen (secondary N) is 1. The molecule has 1 aliphatic carbocycles. The van der Waals surface area contributed by atoms with Gasteiger partial charge in [-0.25, -0.2) is 0 Å². The van der Waals surface area contributed by atoms with Gasteiger partial charge in [0.25, 0.3) is 0 Å². The molecule has 19 heavy (non-hydrogen) atoms. The first-order valence-electron chi connectivity index (χ1n) is 7.73. The van der Waals surface area contributed by atoms with Gasteiger partial charge in [0.15, 0.2) is 0 Å². The van der Waals surface area contributed by atoms with Crippen molar-refractivity contribution in [1.82, 2.24) is 10.2 Å². The van der Waals surface area contributed by atoms with Crippen molar-refractivity contribution in [2.45, 2.75) is 70.9 Å². The lowest BCUT2D eigenvalue weighted by molar-refractivity contribution is -0.159. The van der Waals surface area contributed by atoms with E-state index in [2.05, 4.69) is 12.2 Å². The molecule has 0 radical (unpaired) electrons. The minimum atomic E-state index is -0.613. The van der Waals surface area contributed by atoms with E-state index in [-0.39, 0.29) is 17.9 Å². The van der Waals surface area contributed by atoms with Gasteiger partial charge in [0.05, 0.1) is 0 Å². The molecule has 2 rings (SSSR count). The SMILES string of the molecule is CCCCN1C(=O)C(C2CC2)NC(=O)C1(CC)CC. The number of unbranched alkanes of at least 4 members (excludes halogenated alkanes) is 1. The predicted molar refractivity (Wildman–Crippen MR) is 74.6 cm³/mol. The molecule has 1 aliphatic heterocycles. The molecule has 0 aromatic heterocycles. The molecular weight excluding hydrogens is 240 g/mol. The van der Waals surface area contributed by atoms with Crippen molar-refractivity contribution in [3.63, 3.8) is 0 Å². The highest BCUT2D eigenvalue weighted by Crippen LogP contribution is 2.38. The van der Waals surface area contributed by atoms with Gasteiger partial charge in [-0.2, -0.15) is 0 Å². The maximum Gasteiger partial charge on any atom is 0.246 e. The first kappa shape index (κ1) is 14.4. The minimum absolute atomic E-state index is 0.0603. The standard InChI is InChI=1S/C15H26N2O2/c1-4-7-10-17-13(18)12(11-8-9-11)16-14(19)15(17,5-2)6-3/h11-12H,4-10H2,1-3H3,(H,16,19). The summed E-state index contributed by atoms with van der Waals surface area (Å²) < 4.78 is 0. The summed E-state index contributed by atoms with van der Waals surface area (Å²) in [5, 5.41) is 3.00. The van der Waals surface area contributed by atoms with E-state index >= 15 is 0 Å². The van der Waals surface area contributed by atoms with Gasteiger partial charge in [-0.1, -0.05) is 27.2 Å². The average molecular weight is 266 g/mol. The summed E-state index contributed by atoms with van der Waals surface area (Å²) in [5.41, 5.74) is -0.613. The fourth-order valence-electron chi connectivity index (χ4n) is 3.18. The van der Waals surface area contributed by atoms with Crippen molar-refractivity contribution in [3.8, 4) is 0 Å². The van der Waals surface area contributed by atoms with Crippen molar-refractivity contribution in [1.29, 1.82) is 0 Å². The molecule has 1 N–H and O–H groups in total. The summed E-state index contributed by atoms with van der Waals surface area (Å²) >= 11 is 0. The van der Waals surface area contributed by atoms with E-state index < -0.39 is 5.54 Å². The largest absolute Gasteiger partial charge is 0.342 e. The van der Waals surface area contributed by atoms with Crippen molar-refractivity contribution < 1.29 is 9.59 Å². The molecule has 4 nitrogen and oxygen atoms in total. The Morgan fingerprint density at radius 3 is 2.32 bits per heavy atom. The molecule has 2 fully saturated rings. The number of nitrogens with zero attached hydrogens (tertiary/aromatic N) is 1. The maximum atomic E-state index is 12.7. The zero-order chi connectivity index (χ0) is 14.0. The van der Waals surface area contributed by atoms with Gasteiger partial charge >= 0.3 is 0 Å². The first-order chi connectivity index (χ1) is 9.10. The fraction of sp³-hybridized carbons (Fsp3) is 0.867. The minimum Gasteiger partial charge on any atom is -0.342 e. The third kappa shape index (κ3) is 2.37. The van der Waals surface area contributed by atoms with Crippen molar-refractivity contribution in [3.05, 3.63) is 0 Å². The summed E-state index contributed by atoms with van der Waals surface area (Å²) in [4.78, 5) is 27.1. The Morgan fingerprint density at radius 2 is 1.84 bits per heavy atom. The van der Waals surface area contributed by atoms with Crippen LogP contribution in [0.5, 0.6) is 0 Å². The quantitative estimate of drug-likeness (QED) is 0.800. The van der Waals surface area contributed by atoms with Crippen LogP contribution in [0.2, 0.25) is 0 Å². The topological polar surface area (TPSA) is 49.4 Å². The Balaban J connectivity index is 2.26. The molecule has 1 unspecified atom stereocenters. The number of hydrogen-bond donors (Lipinski definition) is 1. The van der Waals surface area contributed by atoms with E-state index in [1.165, 1.54) is 0 Å². The summed E-state index contributed by atoms with van der Waals surface area (Å²) in [7, 11) is 0. The van der Waals surface area contributed by atoms with Crippen molar-refractivity contribution in [2.75, 3.05) is 6.54 Å². The van der Waals surface area contributed by atoms with Crippen LogP contribution in [0.3, 0.4) is 0 Å². The Bertz CT molecular complexity index is 359. The lowest BCUT2D eigenvalue weighted by Crippen LogP contribution is -2.70. The van der Waals surface area contributed by atoms with Crippen LogP contribution in [0.25, 0.3) is 0 Å². The molecule has 0 aromatic rings. The molecule has 1 atom stereocenters. The number of carbonyl (C=O) groups is 2. The fourth-order valence-corrected chi connectivity index (χ4v) is 3.18. The molecule has 1 saturated carbocycles. The number of piperazine rings is 1. The van der Waals surface area contributed by atoms with Crippen molar-refractivity contribution >= 4 is 11.8 Å². The monoisotopic (exact) mass is 266 g/mol. The Morgan fingerprint density at radius 1 is 1.21 bits per heavy atom. The smallest absolute Gasteiger partial charge is 0.246 e. The molecule has 0 bridgehead atoms. The Labute approximate surface area is 115 Å². The normalized spacial score (nSPS) is 26.5. The van der Waals surface area contributed by atoms with E-state index in [1.54, 1.807) is 0 Å². The number of amides is 2. The summed E-state index contributed by atoms with van der Waals surface area (Å²) in [6, 6.07) is -0.254. The summed E-state index contributed by atoms with van der Waals surface area (Å²) in [6.07, 6.45) is 5.55. The van der Waals surface area contributed by atoms with Crippen LogP contribution in [0.4, 0.5) is 0 Å². The van der Waals surface area contributed by atoms with Crippen LogP contribution in [-0.4, -0.2) is 34.8 Å². The zero-order valence-electron chi connectivity index (χ0n) is 12.4. The van der Waals surface area contributed by atoms with Gasteiger partial charge < -0.3 is 10.2 Å². The highest BCUT2D eigenvalue weighted by atomic mass is 16.2. The molecule has 1 saturated heterocycles. The molecule has 4 heteroatoms. The van der Waals surface area contributed by atoms with Gasteiger partial charge in [-0.3, -0.25) is 9.59 Å². The van der Waals surface area contributed by atoms with E-state index in [1.807, 2.05) is 18.7 Å². The lowest BCUT2D eigenvalue weighted by Gasteiger charge is -2.48. The van der Waals surface area contributed by atoms with E-state index in [4.69, 9.17) is 0 Å². The molecule has 1 heterocycles. The Hall–Kier alpha value is -1.06. The van der Waals surface area contributed by atoms with Crippen molar-refractivity contribution in [2.24, 2.45) is 5.92 Å². The third-order valence-electron chi connectivity index (χ3n) is 4.76. The van der Waals surface area contributed by atoms with Gasteiger partial charge in [-0.05, 0) is 38.0 Å². The Kier molecular flexibility index (Phi) is 4.16. The number of rotatable bonds is 6.